The molecule has 0 fully saturated rings. The van der Waals surface area contributed by atoms with E-state index in [2.05, 4.69) is 0 Å². The first kappa shape index (κ1) is 11.1. The average molecular weight is 238 g/mol. The van der Waals surface area contributed by atoms with Crippen molar-refractivity contribution >= 4 is 10.8 Å². The van der Waals surface area contributed by atoms with Crippen LogP contribution in [0.1, 0.15) is 23.2 Å². The lowest BCUT2D eigenvalue weighted by atomic mass is 9.99. The predicted octanol–water partition coefficient (Wildman–Crippen LogP) is 3.82. The van der Waals surface area contributed by atoms with E-state index in [9.17, 15) is 5.11 Å². The molecular formula is C16H14O2. The molecule has 3 rings (SSSR count). The van der Waals surface area contributed by atoms with Gasteiger partial charge in [-0.3, -0.25) is 0 Å². The quantitative estimate of drug-likeness (QED) is 0.736. The molecule has 0 aliphatic heterocycles. The highest BCUT2D eigenvalue weighted by Crippen LogP contribution is 2.29. The molecule has 18 heavy (non-hydrogen) atoms. The van der Waals surface area contributed by atoms with E-state index < -0.39 is 6.10 Å². The molecule has 0 saturated carbocycles. The summed E-state index contributed by atoms with van der Waals surface area (Å²) in [5.74, 6) is 1.40. The van der Waals surface area contributed by atoms with Crippen molar-refractivity contribution in [3.8, 4) is 0 Å². The van der Waals surface area contributed by atoms with Crippen LogP contribution in [0.2, 0.25) is 0 Å². The van der Waals surface area contributed by atoms with E-state index in [0.717, 1.165) is 22.1 Å². The van der Waals surface area contributed by atoms with Crippen molar-refractivity contribution in [3.05, 3.63) is 71.7 Å². The smallest absolute Gasteiger partial charge is 0.137 e. The van der Waals surface area contributed by atoms with Gasteiger partial charge in [0.2, 0.25) is 0 Å². The van der Waals surface area contributed by atoms with Crippen LogP contribution in [-0.4, -0.2) is 5.11 Å². The second kappa shape index (κ2) is 4.31. The maximum absolute atomic E-state index is 10.4. The Morgan fingerprint density at radius 2 is 1.72 bits per heavy atom. The summed E-state index contributed by atoms with van der Waals surface area (Å²) in [6, 6.07) is 17.6. The molecule has 0 amide bonds. The fourth-order valence-corrected chi connectivity index (χ4v) is 2.24. The van der Waals surface area contributed by atoms with Gasteiger partial charge < -0.3 is 9.52 Å². The van der Waals surface area contributed by atoms with E-state index in [-0.39, 0.29) is 0 Å². The van der Waals surface area contributed by atoms with Gasteiger partial charge in [-0.15, -0.1) is 0 Å². The van der Waals surface area contributed by atoms with Crippen molar-refractivity contribution in [1.82, 2.24) is 0 Å². The molecule has 2 heteroatoms. The minimum Gasteiger partial charge on any atom is -0.463 e. The molecule has 0 saturated heterocycles. The molecule has 0 spiro atoms. The first-order valence-corrected chi connectivity index (χ1v) is 5.98. The lowest BCUT2D eigenvalue weighted by Gasteiger charge is -2.11. The Bertz CT molecular complexity index is 677. The Morgan fingerprint density at radius 1 is 0.944 bits per heavy atom. The first-order chi connectivity index (χ1) is 8.75. The summed E-state index contributed by atoms with van der Waals surface area (Å²) in [7, 11) is 0. The number of furan rings is 1. The molecule has 0 radical (unpaired) electrons. The molecule has 1 atom stereocenters. The number of aliphatic hydroxyl groups is 1. The van der Waals surface area contributed by atoms with Crippen molar-refractivity contribution in [2.75, 3.05) is 0 Å². The molecule has 1 unspecified atom stereocenters. The number of rotatable bonds is 2. The van der Waals surface area contributed by atoms with E-state index in [1.807, 2.05) is 61.5 Å². The lowest BCUT2D eigenvalue weighted by molar-refractivity contribution is 0.189. The predicted molar refractivity (Wildman–Crippen MR) is 71.5 cm³/mol. The third kappa shape index (κ3) is 1.81. The molecule has 0 bridgehead atoms. The summed E-state index contributed by atoms with van der Waals surface area (Å²) in [5.41, 5.74) is 0.877. The number of fused-ring (bicyclic) bond motifs is 1. The van der Waals surface area contributed by atoms with Crippen LogP contribution in [0.4, 0.5) is 0 Å². The van der Waals surface area contributed by atoms with E-state index in [1.54, 1.807) is 0 Å². The summed E-state index contributed by atoms with van der Waals surface area (Å²) in [5, 5.41) is 12.6. The monoisotopic (exact) mass is 238 g/mol. The minimum absolute atomic E-state index is 0.587. The van der Waals surface area contributed by atoms with Gasteiger partial charge in [-0.25, -0.2) is 0 Å². The molecule has 1 aromatic heterocycles. The summed E-state index contributed by atoms with van der Waals surface area (Å²) in [6.07, 6.45) is -0.718. The summed E-state index contributed by atoms with van der Waals surface area (Å²) in [6.45, 7) is 1.87. The summed E-state index contributed by atoms with van der Waals surface area (Å²) < 4.78 is 5.50. The third-order valence-corrected chi connectivity index (χ3v) is 3.15. The van der Waals surface area contributed by atoms with Gasteiger partial charge in [0, 0.05) is 0 Å². The third-order valence-electron chi connectivity index (χ3n) is 3.15. The highest BCUT2D eigenvalue weighted by atomic mass is 16.4. The number of benzene rings is 2. The van der Waals surface area contributed by atoms with Gasteiger partial charge in [0.25, 0.3) is 0 Å². The highest BCUT2D eigenvalue weighted by Gasteiger charge is 2.16. The fourth-order valence-electron chi connectivity index (χ4n) is 2.24. The van der Waals surface area contributed by atoms with Gasteiger partial charge in [-0.1, -0.05) is 42.5 Å². The van der Waals surface area contributed by atoms with Crippen LogP contribution in [0.5, 0.6) is 0 Å². The standard InChI is InChI=1S/C16H14O2/c1-11-9-10-15(18-11)16(17)14-8-4-6-12-5-2-3-7-13(12)14/h2-10,16-17H,1H3. The van der Waals surface area contributed by atoms with Crippen molar-refractivity contribution in [2.45, 2.75) is 13.0 Å². The number of aryl methyl sites for hydroxylation is 1. The van der Waals surface area contributed by atoms with Crippen molar-refractivity contribution < 1.29 is 9.52 Å². The Hall–Kier alpha value is -2.06. The molecule has 2 aromatic carbocycles. The lowest BCUT2D eigenvalue weighted by Crippen LogP contribution is -1.98. The van der Waals surface area contributed by atoms with Crippen molar-refractivity contribution in [2.24, 2.45) is 0 Å². The van der Waals surface area contributed by atoms with Crippen molar-refractivity contribution in [3.63, 3.8) is 0 Å². The maximum Gasteiger partial charge on any atom is 0.137 e. The van der Waals surface area contributed by atoms with Gasteiger partial charge in [-0.2, -0.15) is 0 Å². The zero-order valence-corrected chi connectivity index (χ0v) is 10.1. The molecule has 2 nitrogen and oxygen atoms in total. The van der Waals surface area contributed by atoms with Gasteiger partial charge in [0.05, 0.1) is 0 Å². The zero-order chi connectivity index (χ0) is 12.5. The Labute approximate surface area is 105 Å². The van der Waals surface area contributed by atoms with Gasteiger partial charge in [0.15, 0.2) is 0 Å². The summed E-state index contributed by atoms with van der Waals surface area (Å²) >= 11 is 0. The number of hydrogen-bond donors (Lipinski definition) is 1. The van der Waals surface area contributed by atoms with Crippen LogP contribution in [0.25, 0.3) is 10.8 Å². The Morgan fingerprint density at radius 3 is 2.50 bits per heavy atom. The van der Waals surface area contributed by atoms with Crippen molar-refractivity contribution in [1.29, 1.82) is 0 Å². The van der Waals surface area contributed by atoms with E-state index in [4.69, 9.17) is 4.42 Å². The molecule has 1 heterocycles. The zero-order valence-electron chi connectivity index (χ0n) is 10.1. The van der Waals surface area contributed by atoms with Gasteiger partial charge in [0.1, 0.15) is 17.6 Å². The van der Waals surface area contributed by atoms with E-state index in [0.29, 0.717) is 5.76 Å². The molecular weight excluding hydrogens is 224 g/mol. The van der Waals surface area contributed by atoms with E-state index >= 15 is 0 Å². The second-order valence-corrected chi connectivity index (χ2v) is 4.42. The first-order valence-electron chi connectivity index (χ1n) is 5.98. The van der Waals surface area contributed by atoms with Crippen LogP contribution < -0.4 is 0 Å². The normalized spacial score (nSPS) is 12.8. The van der Waals surface area contributed by atoms with Gasteiger partial charge >= 0.3 is 0 Å². The molecule has 90 valence electrons. The molecule has 0 aliphatic rings. The number of aliphatic hydroxyl groups excluding tert-OH is 1. The minimum atomic E-state index is -0.718. The largest absolute Gasteiger partial charge is 0.463 e. The molecule has 1 N–H and O–H groups in total. The fraction of sp³-hybridized carbons (Fsp3) is 0.125. The van der Waals surface area contributed by atoms with Crippen LogP contribution in [0.3, 0.4) is 0 Å². The van der Waals surface area contributed by atoms with Gasteiger partial charge in [-0.05, 0) is 35.4 Å². The molecule has 3 aromatic rings. The topological polar surface area (TPSA) is 33.4 Å². The maximum atomic E-state index is 10.4. The van der Waals surface area contributed by atoms with Crippen LogP contribution in [0, 0.1) is 6.92 Å². The average Bonchev–Trinajstić information content (AvgIpc) is 2.84. The Kier molecular flexibility index (Phi) is 2.65. The van der Waals surface area contributed by atoms with Crippen LogP contribution in [0.15, 0.2) is 59.0 Å². The Balaban J connectivity index is 2.14. The molecule has 0 aliphatic carbocycles. The second-order valence-electron chi connectivity index (χ2n) is 4.42. The van der Waals surface area contributed by atoms with Crippen LogP contribution >= 0.6 is 0 Å². The number of hydrogen-bond acceptors (Lipinski definition) is 2. The van der Waals surface area contributed by atoms with E-state index in [1.165, 1.54) is 0 Å². The SMILES string of the molecule is Cc1ccc(C(O)c2cccc3ccccc23)o1. The summed E-state index contributed by atoms with van der Waals surface area (Å²) in [4.78, 5) is 0. The highest BCUT2D eigenvalue weighted by molar-refractivity contribution is 5.86. The van der Waals surface area contributed by atoms with Crippen LogP contribution in [-0.2, 0) is 0 Å².